The van der Waals surface area contributed by atoms with E-state index < -0.39 is 0 Å². The highest BCUT2D eigenvalue weighted by Crippen LogP contribution is 2.27. The van der Waals surface area contributed by atoms with Gasteiger partial charge in [0.1, 0.15) is 0 Å². The van der Waals surface area contributed by atoms with Gasteiger partial charge in [0.05, 0.1) is 22.2 Å². The Morgan fingerprint density at radius 2 is 1.67 bits per heavy atom. The second-order valence-corrected chi connectivity index (χ2v) is 5.45. The number of ketones is 1. The Morgan fingerprint density at radius 1 is 0.952 bits per heavy atom. The lowest BCUT2D eigenvalue weighted by molar-refractivity contribution is 0.103. The third-order valence-electron chi connectivity index (χ3n) is 3.86. The third kappa shape index (κ3) is 1.53. The summed E-state index contributed by atoms with van der Waals surface area (Å²) in [5.74, 6) is 0.0187. The standard InChI is InChI=1S/C17H12N2O2/c1-9-3-5-13-11(7-9)17(21)19-14-6-4-10(2)8-12(14)15(20)16(19)18-13/h3-8H,1-2H3. The zero-order chi connectivity index (χ0) is 14.7. The van der Waals surface area contributed by atoms with Crippen molar-refractivity contribution in [2.45, 2.75) is 13.8 Å². The lowest BCUT2D eigenvalue weighted by Crippen LogP contribution is -2.21. The average molecular weight is 276 g/mol. The molecule has 3 aromatic rings. The van der Waals surface area contributed by atoms with E-state index in [1.54, 1.807) is 6.07 Å². The summed E-state index contributed by atoms with van der Waals surface area (Å²) in [6, 6.07) is 11.0. The molecular formula is C17H12N2O2. The van der Waals surface area contributed by atoms with E-state index in [0.717, 1.165) is 11.1 Å². The van der Waals surface area contributed by atoms with Crippen LogP contribution >= 0.6 is 0 Å². The highest BCUT2D eigenvalue weighted by molar-refractivity contribution is 6.13. The highest BCUT2D eigenvalue weighted by Gasteiger charge is 2.30. The zero-order valence-corrected chi connectivity index (χ0v) is 11.7. The molecule has 0 bridgehead atoms. The molecule has 21 heavy (non-hydrogen) atoms. The van der Waals surface area contributed by atoms with Crippen LogP contribution < -0.4 is 5.56 Å². The molecule has 0 saturated carbocycles. The van der Waals surface area contributed by atoms with Gasteiger partial charge in [-0.3, -0.25) is 14.2 Å². The molecule has 2 heterocycles. The van der Waals surface area contributed by atoms with Crippen LogP contribution in [0.25, 0.3) is 16.6 Å². The minimum Gasteiger partial charge on any atom is -0.285 e. The van der Waals surface area contributed by atoms with E-state index in [4.69, 9.17) is 0 Å². The van der Waals surface area contributed by atoms with E-state index in [1.165, 1.54) is 4.57 Å². The number of hydrogen-bond donors (Lipinski definition) is 0. The lowest BCUT2D eigenvalue weighted by Gasteiger charge is -2.06. The molecule has 4 rings (SSSR count). The maximum Gasteiger partial charge on any atom is 0.266 e. The molecule has 1 aliphatic heterocycles. The molecule has 0 unspecified atom stereocenters. The van der Waals surface area contributed by atoms with Gasteiger partial charge in [-0.2, -0.15) is 0 Å². The van der Waals surface area contributed by atoms with E-state index in [9.17, 15) is 9.59 Å². The fourth-order valence-electron chi connectivity index (χ4n) is 2.82. The Labute approximate surface area is 120 Å². The largest absolute Gasteiger partial charge is 0.285 e. The SMILES string of the molecule is Cc1ccc2c(c1)C(=O)c1nc3ccc(C)cc3c(=O)n1-2. The maximum absolute atomic E-state index is 12.7. The first kappa shape index (κ1) is 12.0. The van der Waals surface area contributed by atoms with Crippen molar-refractivity contribution in [2.75, 3.05) is 0 Å². The monoisotopic (exact) mass is 276 g/mol. The number of nitrogens with zero attached hydrogens (tertiary/aromatic N) is 2. The van der Waals surface area contributed by atoms with Crippen LogP contribution in [0, 0.1) is 13.8 Å². The highest BCUT2D eigenvalue weighted by atomic mass is 16.1. The van der Waals surface area contributed by atoms with E-state index in [2.05, 4.69) is 4.98 Å². The Bertz CT molecular complexity index is 1000. The maximum atomic E-state index is 12.7. The van der Waals surface area contributed by atoms with E-state index in [0.29, 0.717) is 22.2 Å². The van der Waals surface area contributed by atoms with Crippen molar-refractivity contribution >= 4 is 16.7 Å². The minimum absolute atomic E-state index is 0.186. The molecule has 0 amide bonds. The van der Waals surface area contributed by atoms with Crippen LogP contribution in [0.5, 0.6) is 0 Å². The molecule has 0 aliphatic carbocycles. The van der Waals surface area contributed by atoms with Gasteiger partial charge < -0.3 is 0 Å². The first-order valence-electron chi connectivity index (χ1n) is 6.75. The Kier molecular flexibility index (Phi) is 2.22. The summed E-state index contributed by atoms with van der Waals surface area (Å²) in [5.41, 5.74) is 3.54. The first-order valence-corrected chi connectivity index (χ1v) is 6.75. The quantitative estimate of drug-likeness (QED) is 0.496. The number of rotatable bonds is 0. The Balaban J connectivity index is 2.18. The van der Waals surface area contributed by atoms with Crippen molar-refractivity contribution in [1.82, 2.24) is 9.55 Å². The molecule has 4 heteroatoms. The topological polar surface area (TPSA) is 52.0 Å². The van der Waals surface area contributed by atoms with Crippen LogP contribution in [0.3, 0.4) is 0 Å². The summed E-state index contributed by atoms with van der Waals surface area (Å²) in [4.78, 5) is 29.6. The molecule has 0 radical (unpaired) electrons. The van der Waals surface area contributed by atoms with Crippen LogP contribution in [-0.4, -0.2) is 15.3 Å². The van der Waals surface area contributed by atoms with Crippen molar-refractivity contribution in [3.05, 3.63) is 69.3 Å². The molecule has 0 fully saturated rings. The number of fused-ring (bicyclic) bond motifs is 4. The molecule has 4 nitrogen and oxygen atoms in total. The molecule has 0 spiro atoms. The molecule has 0 atom stereocenters. The van der Waals surface area contributed by atoms with Gasteiger partial charge in [0.25, 0.3) is 5.56 Å². The summed E-state index contributed by atoms with van der Waals surface area (Å²) in [5, 5.41) is 0.542. The van der Waals surface area contributed by atoms with Crippen molar-refractivity contribution in [3.63, 3.8) is 0 Å². The van der Waals surface area contributed by atoms with E-state index in [-0.39, 0.29) is 17.2 Å². The summed E-state index contributed by atoms with van der Waals surface area (Å²) >= 11 is 0. The second-order valence-electron chi connectivity index (χ2n) is 5.45. The molecule has 1 aliphatic rings. The van der Waals surface area contributed by atoms with Gasteiger partial charge in [0, 0.05) is 0 Å². The molecule has 2 aromatic carbocycles. The molecule has 1 aromatic heterocycles. The van der Waals surface area contributed by atoms with Crippen LogP contribution in [0.2, 0.25) is 0 Å². The van der Waals surface area contributed by atoms with Gasteiger partial charge in [0.15, 0.2) is 5.82 Å². The number of aromatic nitrogens is 2. The average Bonchev–Trinajstić information content (AvgIpc) is 2.73. The normalized spacial score (nSPS) is 12.6. The summed E-state index contributed by atoms with van der Waals surface area (Å²) < 4.78 is 1.43. The van der Waals surface area contributed by atoms with Crippen molar-refractivity contribution in [3.8, 4) is 5.69 Å². The fourth-order valence-corrected chi connectivity index (χ4v) is 2.82. The van der Waals surface area contributed by atoms with Gasteiger partial charge in [0.2, 0.25) is 5.78 Å². The van der Waals surface area contributed by atoms with Crippen LogP contribution in [0.1, 0.15) is 27.3 Å². The second kappa shape index (κ2) is 3.88. The van der Waals surface area contributed by atoms with Crippen LogP contribution in [0.4, 0.5) is 0 Å². The van der Waals surface area contributed by atoms with Crippen molar-refractivity contribution < 1.29 is 4.79 Å². The number of carbonyl (C=O) groups excluding carboxylic acids is 1. The van der Waals surface area contributed by atoms with Crippen molar-refractivity contribution in [2.24, 2.45) is 0 Å². The zero-order valence-electron chi connectivity index (χ0n) is 11.7. The molecule has 0 saturated heterocycles. The number of carbonyl (C=O) groups is 1. The summed E-state index contributed by atoms with van der Waals surface area (Å²) in [6.07, 6.45) is 0. The van der Waals surface area contributed by atoms with Crippen LogP contribution in [0.15, 0.2) is 41.2 Å². The predicted molar refractivity (Wildman–Crippen MR) is 80.2 cm³/mol. The smallest absolute Gasteiger partial charge is 0.266 e. The number of aryl methyl sites for hydroxylation is 2. The molecular weight excluding hydrogens is 264 g/mol. The molecule has 102 valence electrons. The van der Waals surface area contributed by atoms with E-state index >= 15 is 0 Å². The lowest BCUT2D eigenvalue weighted by atomic mass is 10.1. The van der Waals surface area contributed by atoms with Gasteiger partial charge in [-0.15, -0.1) is 0 Å². The Hall–Kier alpha value is -2.75. The van der Waals surface area contributed by atoms with Gasteiger partial charge in [-0.05, 0) is 38.1 Å². The van der Waals surface area contributed by atoms with Gasteiger partial charge in [-0.25, -0.2) is 4.98 Å². The predicted octanol–water partition coefficient (Wildman–Crippen LogP) is 2.55. The minimum atomic E-state index is -0.187. The van der Waals surface area contributed by atoms with Gasteiger partial charge in [-0.1, -0.05) is 23.3 Å². The summed E-state index contributed by atoms with van der Waals surface area (Å²) in [6.45, 7) is 3.85. The molecule has 0 N–H and O–H groups in total. The fraction of sp³-hybridized carbons (Fsp3) is 0.118. The number of hydrogen-bond acceptors (Lipinski definition) is 3. The third-order valence-corrected chi connectivity index (χ3v) is 3.86. The Morgan fingerprint density at radius 3 is 2.48 bits per heavy atom. The van der Waals surface area contributed by atoms with Crippen molar-refractivity contribution in [1.29, 1.82) is 0 Å². The summed E-state index contributed by atoms with van der Waals surface area (Å²) in [7, 11) is 0. The first-order chi connectivity index (χ1) is 10.1. The van der Waals surface area contributed by atoms with E-state index in [1.807, 2.05) is 44.2 Å². The van der Waals surface area contributed by atoms with Gasteiger partial charge >= 0.3 is 0 Å². The number of benzene rings is 2. The van der Waals surface area contributed by atoms with Crippen LogP contribution in [-0.2, 0) is 0 Å².